The van der Waals surface area contributed by atoms with Crippen LogP contribution in [0.4, 0.5) is 16.2 Å². The fourth-order valence-corrected chi connectivity index (χ4v) is 4.36. The molecule has 174 valence electrons. The van der Waals surface area contributed by atoms with Crippen molar-refractivity contribution in [3.8, 4) is 0 Å². The molecule has 0 fully saturated rings. The van der Waals surface area contributed by atoms with E-state index in [1.165, 1.54) is 9.58 Å². The summed E-state index contributed by atoms with van der Waals surface area (Å²) in [5.74, 6) is 6.05. The minimum atomic E-state index is -3.21. The Labute approximate surface area is 192 Å². The van der Waals surface area contributed by atoms with E-state index < -0.39 is 15.9 Å². The van der Waals surface area contributed by atoms with Gasteiger partial charge in [-0.05, 0) is 24.4 Å². The second-order valence-electron chi connectivity index (χ2n) is 7.95. The van der Waals surface area contributed by atoms with Gasteiger partial charge in [0.05, 0.1) is 41.5 Å². The number of hydrogen-bond acceptors (Lipinski definition) is 7. The van der Waals surface area contributed by atoms with E-state index in [0.29, 0.717) is 29.2 Å². The SMILES string of the molecule is CS(=O)(=O)CCNC(=O)N1CC(=O)c2c(Nc3ccccc3)c(C3=CCNC=C3)n(N)c2C1. The van der Waals surface area contributed by atoms with Crippen molar-refractivity contribution in [1.82, 2.24) is 20.2 Å². The molecule has 2 aromatic rings. The molecule has 2 aliphatic heterocycles. The van der Waals surface area contributed by atoms with Crippen LogP contribution in [-0.2, 0) is 16.4 Å². The number of benzene rings is 1. The number of nitrogen functional groups attached to an aromatic ring is 1. The predicted octanol–water partition coefficient (Wildman–Crippen LogP) is 1.20. The van der Waals surface area contributed by atoms with E-state index in [-0.39, 0.29) is 31.2 Å². The summed E-state index contributed by atoms with van der Waals surface area (Å²) in [4.78, 5) is 27.2. The number of dihydropyridines is 1. The van der Waals surface area contributed by atoms with Gasteiger partial charge in [0, 0.05) is 30.6 Å². The average molecular weight is 471 g/mol. The number of urea groups is 1. The van der Waals surface area contributed by atoms with E-state index >= 15 is 0 Å². The van der Waals surface area contributed by atoms with Gasteiger partial charge in [-0.1, -0.05) is 24.3 Å². The fraction of sp³-hybridized carbons (Fsp3) is 0.273. The molecule has 3 heterocycles. The Hall–Kier alpha value is -3.73. The third-order valence-corrected chi connectivity index (χ3v) is 6.38. The number of fused-ring (bicyclic) bond motifs is 1. The number of nitrogens with two attached hydrogens (primary N) is 1. The third kappa shape index (κ3) is 4.87. The molecule has 0 bridgehead atoms. The van der Waals surface area contributed by atoms with Crippen LogP contribution in [0.15, 0.2) is 48.7 Å². The van der Waals surface area contributed by atoms with Gasteiger partial charge in [-0.2, -0.15) is 0 Å². The topological polar surface area (TPSA) is 139 Å². The number of carbonyl (C=O) groups excluding carboxylic acids is 2. The van der Waals surface area contributed by atoms with Crippen molar-refractivity contribution < 1.29 is 18.0 Å². The summed E-state index contributed by atoms with van der Waals surface area (Å²) in [5, 5.41) is 9.00. The molecule has 33 heavy (non-hydrogen) atoms. The summed E-state index contributed by atoms with van der Waals surface area (Å²) in [7, 11) is -3.21. The molecule has 0 saturated heterocycles. The van der Waals surface area contributed by atoms with E-state index in [9.17, 15) is 18.0 Å². The first-order valence-corrected chi connectivity index (χ1v) is 12.5. The van der Waals surface area contributed by atoms with Gasteiger partial charge in [0.15, 0.2) is 5.78 Å². The Morgan fingerprint density at radius 1 is 1.21 bits per heavy atom. The number of amides is 2. The molecule has 1 aromatic heterocycles. The number of hydrogen-bond donors (Lipinski definition) is 4. The smallest absolute Gasteiger partial charge is 0.318 e. The molecule has 0 radical (unpaired) electrons. The number of nitrogens with zero attached hydrogens (tertiary/aromatic N) is 2. The second-order valence-corrected chi connectivity index (χ2v) is 10.2. The first-order chi connectivity index (χ1) is 15.7. The highest BCUT2D eigenvalue weighted by atomic mass is 32.2. The number of anilines is 2. The molecule has 1 aromatic carbocycles. The maximum absolute atomic E-state index is 13.2. The highest BCUT2D eigenvalue weighted by molar-refractivity contribution is 7.90. The lowest BCUT2D eigenvalue weighted by molar-refractivity contribution is 0.0918. The normalized spacial score (nSPS) is 15.5. The van der Waals surface area contributed by atoms with Crippen molar-refractivity contribution >= 4 is 38.6 Å². The predicted molar refractivity (Wildman–Crippen MR) is 127 cm³/mol. The van der Waals surface area contributed by atoms with Crippen molar-refractivity contribution in [3.63, 3.8) is 0 Å². The largest absolute Gasteiger partial charge is 0.387 e. The number of nitrogens with one attached hydrogen (secondary N) is 3. The Bertz CT molecular complexity index is 1250. The standard InChI is InChI=1S/C22H26N6O4S/c1-33(31,32)12-11-25-22(30)27-13-17-19(18(29)14-27)20(26-16-5-3-2-4-6-16)21(28(17)23)15-7-9-24-10-8-15/h2-9,24,26H,10-14,23H2,1H3,(H,25,30). The zero-order valence-electron chi connectivity index (χ0n) is 18.2. The van der Waals surface area contributed by atoms with Crippen LogP contribution in [0.3, 0.4) is 0 Å². The molecule has 2 aliphatic rings. The van der Waals surface area contributed by atoms with Gasteiger partial charge in [-0.3, -0.25) is 9.47 Å². The van der Waals surface area contributed by atoms with Crippen LogP contribution in [0.5, 0.6) is 0 Å². The van der Waals surface area contributed by atoms with Crippen LogP contribution in [0.25, 0.3) is 5.57 Å². The molecule has 10 nitrogen and oxygen atoms in total. The highest BCUT2D eigenvalue weighted by Crippen LogP contribution is 2.38. The van der Waals surface area contributed by atoms with Crippen LogP contribution < -0.4 is 21.8 Å². The van der Waals surface area contributed by atoms with Gasteiger partial charge in [-0.15, -0.1) is 0 Å². The van der Waals surface area contributed by atoms with E-state index in [0.717, 1.165) is 17.5 Å². The minimum Gasteiger partial charge on any atom is -0.387 e. The van der Waals surface area contributed by atoms with Crippen molar-refractivity contribution in [2.45, 2.75) is 6.54 Å². The molecule has 0 unspecified atom stereocenters. The number of para-hydroxylation sites is 1. The summed E-state index contributed by atoms with van der Waals surface area (Å²) in [6.45, 7) is 0.562. The Kier molecular flexibility index (Phi) is 6.14. The van der Waals surface area contributed by atoms with Crippen molar-refractivity contribution in [2.75, 3.05) is 42.8 Å². The Morgan fingerprint density at radius 3 is 2.64 bits per heavy atom. The lowest BCUT2D eigenvalue weighted by Crippen LogP contribution is -2.46. The number of Topliss-reactive ketones (excluding diaryl/α,β-unsaturated/α-hetero) is 1. The maximum Gasteiger partial charge on any atom is 0.318 e. The molecule has 0 atom stereocenters. The minimum absolute atomic E-state index is 0.0321. The maximum atomic E-state index is 13.2. The van der Waals surface area contributed by atoms with Gasteiger partial charge in [0.2, 0.25) is 0 Å². The molecule has 5 N–H and O–H groups in total. The molecule has 11 heteroatoms. The number of carbonyl (C=O) groups is 2. The second kappa shape index (κ2) is 9.02. The van der Waals surface area contributed by atoms with Gasteiger partial charge in [0.1, 0.15) is 9.84 Å². The number of allylic oxidation sites excluding steroid dienone is 2. The lowest BCUT2D eigenvalue weighted by Gasteiger charge is -2.27. The van der Waals surface area contributed by atoms with Gasteiger partial charge in [0.25, 0.3) is 0 Å². The first-order valence-electron chi connectivity index (χ1n) is 10.4. The molecule has 4 rings (SSSR count). The van der Waals surface area contributed by atoms with Crippen LogP contribution in [0.1, 0.15) is 21.7 Å². The van der Waals surface area contributed by atoms with Crippen molar-refractivity contribution in [2.24, 2.45) is 0 Å². The summed E-state index contributed by atoms with van der Waals surface area (Å²) >= 11 is 0. The lowest BCUT2D eigenvalue weighted by atomic mass is 10.0. The third-order valence-electron chi connectivity index (χ3n) is 5.43. The van der Waals surface area contributed by atoms with E-state index in [1.54, 1.807) is 0 Å². The van der Waals surface area contributed by atoms with Gasteiger partial charge in [-0.25, -0.2) is 13.2 Å². The van der Waals surface area contributed by atoms with E-state index in [2.05, 4.69) is 16.0 Å². The number of ketones is 1. The van der Waals surface area contributed by atoms with E-state index in [4.69, 9.17) is 5.84 Å². The first kappa shape index (κ1) is 22.5. The summed E-state index contributed by atoms with van der Waals surface area (Å²) in [6.07, 6.45) is 6.77. The van der Waals surface area contributed by atoms with Crippen LogP contribution in [0, 0.1) is 0 Å². The Balaban J connectivity index is 1.68. The van der Waals surface area contributed by atoms with Crippen molar-refractivity contribution in [1.29, 1.82) is 0 Å². The van der Waals surface area contributed by atoms with Crippen LogP contribution in [-0.4, -0.2) is 61.5 Å². The van der Waals surface area contributed by atoms with E-state index in [1.807, 2.05) is 48.7 Å². The highest BCUT2D eigenvalue weighted by Gasteiger charge is 2.35. The average Bonchev–Trinajstić information content (AvgIpc) is 3.06. The van der Waals surface area contributed by atoms with Crippen molar-refractivity contribution in [3.05, 3.63) is 65.6 Å². The van der Waals surface area contributed by atoms with Crippen LogP contribution >= 0.6 is 0 Å². The monoisotopic (exact) mass is 470 g/mol. The van der Waals surface area contributed by atoms with Crippen LogP contribution in [0.2, 0.25) is 0 Å². The molecular weight excluding hydrogens is 444 g/mol. The van der Waals surface area contributed by atoms with Gasteiger partial charge < -0.3 is 26.7 Å². The molecule has 0 saturated carbocycles. The number of rotatable bonds is 6. The molecule has 0 aliphatic carbocycles. The number of aromatic nitrogens is 1. The number of sulfone groups is 1. The zero-order chi connectivity index (χ0) is 23.6. The quantitative estimate of drug-likeness (QED) is 0.465. The molecule has 2 amide bonds. The summed E-state index contributed by atoms with van der Waals surface area (Å²) in [5.41, 5.74) is 3.85. The summed E-state index contributed by atoms with van der Waals surface area (Å²) in [6, 6.07) is 8.96. The molecular formula is C22H26N6O4S. The van der Waals surface area contributed by atoms with Gasteiger partial charge >= 0.3 is 6.03 Å². The zero-order valence-corrected chi connectivity index (χ0v) is 19.0. The Morgan fingerprint density at radius 2 is 1.97 bits per heavy atom. The fourth-order valence-electron chi connectivity index (χ4n) is 3.88. The molecule has 0 spiro atoms. The summed E-state index contributed by atoms with van der Waals surface area (Å²) < 4.78 is 24.1.